The first-order chi connectivity index (χ1) is 7.65. The van der Waals surface area contributed by atoms with E-state index in [0.29, 0.717) is 16.2 Å². The SMILES string of the molecule is CC1Cc2sc3ccc(Cl)cc3c(=O)c2O1. The molecule has 3 rings (SSSR count). The summed E-state index contributed by atoms with van der Waals surface area (Å²) in [6.07, 6.45) is 0.930. The summed E-state index contributed by atoms with van der Waals surface area (Å²) in [5.41, 5.74) is -0.0319. The van der Waals surface area contributed by atoms with Gasteiger partial charge in [0.15, 0.2) is 5.75 Å². The Kier molecular flexibility index (Phi) is 2.19. The van der Waals surface area contributed by atoms with Crippen LogP contribution in [-0.4, -0.2) is 6.10 Å². The zero-order valence-electron chi connectivity index (χ0n) is 8.62. The van der Waals surface area contributed by atoms with E-state index < -0.39 is 0 Å². The second kappa shape index (κ2) is 3.47. The molecule has 2 aromatic rings. The molecular weight excluding hydrogens is 244 g/mol. The van der Waals surface area contributed by atoms with E-state index in [1.54, 1.807) is 17.4 Å². The first-order valence-electron chi connectivity index (χ1n) is 5.07. The first kappa shape index (κ1) is 10.1. The first-order valence-corrected chi connectivity index (χ1v) is 6.26. The van der Waals surface area contributed by atoms with E-state index in [1.807, 2.05) is 19.1 Å². The lowest BCUT2D eigenvalue weighted by Crippen LogP contribution is -2.09. The maximum absolute atomic E-state index is 12.1. The van der Waals surface area contributed by atoms with Gasteiger partial charge in [0, 0.05) is 21.5 Å². The molecule has 1 atom stereocenters. The Morgan fingerprint density at radius 1 is 1.50 bits per heavy atom. The number of hydrogen-bond acceptors (Lipinski definition) is 3. The average molecular weight is 253 g/mol. The van der Waals surface area contributed by atoms with Crippen molar-refractivity contribution < 1.29 is 4.74 Å². The summed E-state index contributed by atoms with van der Waals surface area (Å²) < 4.78 is 6.52. The summed E-state index contributed by atoms with van der Waals surface area (Å²) in [4.78, 5) is 13.2. The molecule has 82 valence electrons. The van der Waals surface area contributed by atoms with Gasteiger partial charge in [-0.25, -0.2) is 0 Å². The predicted molar refractivity (Wildman–Crippen MR) is 66.9 cm³/mol. The van der Waals surface area contributed by atoms with Gasteiger partial charge >= 0.3 is 0 Å². The highest BCUT2D eigenvalue weighted by Gasteiger charge is 2.24. The monoisotopic (exact) mass is 252 g/mol. The maximum atomic E-state index is 12.1. The van der Waals surface area contributed by atoms with Crippen LogP contribution in [0.2, 0.25) is 5.02 Å². The fourth-order valence-corrected chi connectivity index (χ4v) is 3.34. The molecule has 1 unspecified atom stereocenters. The van der Waals surface area contributed by atoms with Gasteiger partial charge < -0.3 is 4.74 Å². The molecule has 1 aromatic carbocycles. The van der Waals surface area contributed by atoms with Crippen LogP contribution in [0.15, 0.2) is 23.0 Å². The van der Waals surface area contributed by atoms with E-state index in [9.17, 15) is 4.79 Å². The summed E-state index contributed by atoms with van der Waals surface area (Å²) in [6, 6.07) is 5.42. The highest BCUT2D eigenvalue weighted by Crippen LogP contribution is 2.33. The van der Waals surface area contributed by atoms with Gasteiger partial charge in [0.25, 0.3) is 0 Å². The Morgan fingerprint density at radius 3 is 3.12 bits per heavy atom. The van der Waals surface area contributed by atoms with Gasteiger partial charge in [0.1, 0.15) is 6.10 Å². The van der Waals surface area contributed by atoms with Crippen LogP contribution in [0.1, 0.15) is 11.8 Å². The van der Waals surface area contributed by atoms with Crippen LogP contribution < -0.4 is 10.2 Å². The molecule has 0 fully saturated rings. The Morgan fingerprint density at radius 2 is 2.31 bits per heavy atom. The van der Waals surface area contributed by atoms with Gasteiger partial charge in [-0.1, -0.05) is 11.6 Å². The Hall–Kier alpha value is -1.06. The molecular formula is C12H9ClO2S. The van der Waals surface area contributed by atoms with Crippen LogP contribution >= 0.6 is 22.9 Å². The van der Waals surface area contributed by atoms with Gasteiger partial charge in [-0.15, -0.1) is 11.3 Å². The van der Waals surface area contributed by atoms with Crippen molar-refractivity contribution >= 4 is 33.0 Å². The second-order valence-corrected chi connectivity index (χ2v) is 5.53. The van der Waals surface area contributed by atoms with Crippen molar-refractivity contribution in [1.29, 1.82) is 0 Å². The van der Waals surface area contributed by atoms with Gasteiger partial charge in [0.05, 0.1) is 4.88 Å². The molecule has 0 aliphatic carbocycles. The molecule has 1 aliphatic rings. The molecule has 2 nitrogen and oxygen atoms in total. The Balaban J connectivity index is 2.39. The molecule has 0 amide bonds. The van der Waals surface area contributed by atoms with Crippen molar-refractivity contribution in [3.05, 3.63) is 38.3 Å². The quantitative estimate of drug-likeness (QED) is 0.720. The van der Waals surface area contributed by atoms with Crippen molar-refractivity contribution in [2.75, 3.05) is 0 Å². The molecule has 2 heterocycles. The minimum absolute atomic E-state index is 0.0319. The lowest BCUT2D eigenvalue weighted by atomic mass is 10.2. The van der Waals surface area contributed by atoms with Crippen LogP contribution in [0.25, 0.3) is 10.1 Å². The lowest BCUT2D eigenvalue weighted by Gasteiger charge is -2.02. The fraction of sp³-hybridized carbons (Fsp3) is 0.250. The molecule has 0 saturated carbocycles. The number of benzene rings is 1. The summed E-state index contributed by atoms with van der Waals surface area (Å²) in [5.74, 6) is 0.521. The number of fused-ring (bicyclic) bond motifs is 2. The van der Waals surface area contributed by atoms with Crippen molar-refractivity contribution in [2.45, 2.75) is 19.4 Å². The molecule has 0 saturated heterocycles. The average Bonchev–Trinajstić information content (AvgIpc) is 2.61. The van der Waals surface area contributed by atoms with Crippen molar-refractivity contribution in [3.63, 3.8) is 0 Å². The van der Waals surface area contributed by atoms with Crippen LogP contribution in [0.3, 0.4) is 0 Å². The topological polar surface area (TPSA) is 26.3 Å². The standard InChI is InChI=1S/C12H9ClO2S/c1-6-4-10-12(15-6)11(14)8-5-7(13)2-3-9(8)16-10/h2-3,5-6H,4H2,1H3. The molecule has 0 bridgehead atoms. The van der Waals surface area contributed by atoms with Gasteiger partial charge in [-0.3, -0.25) is 4.79 Å². The Labute approximate surface area is 101 Å². The molecule has 0 N–H and O–H groups in total. The number of rotatable bonds is 0. The van der Waals surface area contributed by atoms with Gasteiger partial charge in [0.2, 0.25) is 5.43 Å². The molecule has 16 heavy (non-hydrogen) atoms. The zero-order valence-corrected chi connectivity index (χ0v) is 10.2. The highest BCUT2D eigenvalue weighted by atomic mass is 35.5. The summed E-state index contributed by atoms with van der Waals surface area (Å²) >= 11 is 7.51. The van der Waals surface area contributed by atoms with Gasteiger partial charge in [-0.2, -0.15) is 0 Å². The normalized spacial score (nSPS) is 18.5. The third kappa shape index (κ3) is 1.43. The van der Waals surface area contributed by atoms with Crippen LogP contribution in [-0.2, 0) is 6.42 Å². The van der Waals surface area contributed by atoms with E-state index in [0.717, 1.165) is 16.0 Å². The molecule has 4 heteroatoms. The zero-order chi connectivity index (χ0) is 11.3. The second-order valence-electron chi connectivity index (χ2n) is 3.96. The third-order valence-corrected chi connectivity index (χ3v) is 4.08. The van der Waals surface area contributed by atoms with Crippen molar-refractivity contribution in [3.8, 4) is 5.75 Å². The van der Waals surface area contributed by atoms with Crippen LogP contribution in [0.4, 0.5) is 0 Å². The van der Waals surface area contributed by atoms with E-state index >= 15 is 0 Å². The van der Waals surface area contributed by atoms with Crippen LogP contribution in [0.5, 0.6) is 5.75 Å². The lowest BCUT2D eigenvalue weighted by molar-refractivity contribution is 0.253. The highest BCUT2D eigenvalue weighted by molar-refractivity contribution is 7.18. The van der Waals surface area contributed by atoms with E-state index in [-0.39, 0.29) is 11.5 Å². The minimum atomic E-state index is -0.0319. The largest absolute Gasteiger partial charge is 0.485 e. The molecule has 1 aliphatic heterocycles. The molecule has 0 radical (unpaired) electrons. The number of ether oxygens (including phenoxy) is 1. The molecule has 0 spiro atoms. The number of hydrogen-bond donors (Lipinski definition) is 0. The fourth-order valence-electron chi connectivity index (χ4n) is 1.95. The van der Waals surface area contributed by atoms with E-state index in [2.05, 4.69) is 0 Å². The van der Waals surface area contributed by atoms with Crippen LogP contribution in [0, 0.1) is 0 Å². The summed E-state index contributed by atoms with van der Waals surface area (Å²) in [5, 5.41) is 1.24. The smallest absolute Gasteiger partial charge is 0.230 e. The Bertz CT molecular complexity index is 633. The predicted octanol–water partition coefficient (Wildman–Crippen LogP) is 3.24. The van der Waals surface area contributed by atoms with Crippen molar-refractivity contribution in [1.82, 2.24) is 0 Å². The number of halogens is 1. The summed E-state index contributed by atoms with van der Waals surface area (Å²) in [7, 11) is 0. The van der Waals surface area contributed by atoms with Crippen molar-refractivity contribution in [2.24, 2.45) is 0 Å². The van der Waals surface area contributed by atoms with E-state index in [1.165, 1.54) is 0 Å². The maximum Gasteiger partial charge on any atom is 0.230 e. The van der Waals surface area contributed by atoms with E-state index in [4.69, 9.17) is 16.3 Å². The van der Waals surface area contributed by atoms with Gasteiger partial charge in [-0.05, 0) is 25.1 Å². The minimum Gasteiger partial charge on any atom is -0.485 e. The third-order valence-electron chi connectivity index (χ3n) is 2.67. The molecule has 1 aromatic heterocycles. The summed E-state index contributed by atoms with van der Waals surface area (Å²) in [6.45, 7) is 1.98.